The minimum absolute atomic E-state index is 0.00815. The van der Waals surface area contributed by atoms with Crippen LogP contribution >= 0.6 is 23.2 Å². The molecule has 1 atom stereocenters. The first-order chi connectivity index (χ1) is 8.47. The molecule has 0 heterocycles. The van der Waals surface area contributed by atoms with Gasteiger partial charge in [-0.05, 0) is 18.6 Å². The van der Waals surface area contributed by atoms with Crippen molar-refractivity contribution in [2.75, 3.05) is 13.7 Å². The second-order valence-electron chi connectivity index (χ2n) is 3.89. The van der Waals surface area contributed by atoms with Gasteiger partial charge in [-0.3, -0.25) is 4.79 Å². The Morgan fingerprint density at radius 2 is 2.17 bits per heavy atom. The van der Waals surface area contributed by atoms with Crippen molar-refractivity contribution in [3.05, 3.63) is 33.6 Å². The number of carbonyl (C=O) groups excluding carboxylic acids is 1. The molecule has 1 aromatic carbocycles. The third-order valence-electron chi connectivity index (χ3n) is 2.46. The molecule has 3 nitrogen and oxygen atoms in total. The Hall–Kier alpha value is -0.680. The molecule has 0 spiro atoms. The second-order valence-corrected chi connectivity index (χ2v) is 4.67. The number of benzene rings is 1. The molecule has 0 saturated heterocycles. The van der Waals surface area contributed by atoms with Gasteiger partial charge >= 0.3 is 0 Å². The van der Waals surface area contributed by atoms with Gasteiger partial charge in [0, 0.05) is 26.2 Å². The average molecular weight is 294 g/mol. The van der Waals surface area contributed by atoms with Crippen molar-refractivity contribution in [2.45, 2.75) is 18.9 Å². The van der Waals surface area contributed by atoms with Gasteiger partial charge in [-0.2, -0.15) is 0 Å². The Morgan fingerprint density at radius 3 is 2.78 bits per heavy atom. The number of methoxy groups -OCH3 is 1. The van der Waals surface area contributed by atoms with Crippen molar-refractivity contribution in [1.29, 1.82) is 0 Å². The molecule has 0 aliphatic heterocycles. The van der Waals surface area contributed by atoms with Crippen molar-refractivity contribution in [1.82, 2.24) is 0 Å². The number of ether oxygens (including phenoxy) is 1. The van der Waals surface area contributed by atoms with E-state index < -0.39 is 5.82 Å². The summed E-state index contributed by atoms with van der Waals surface area (Å²) in [5.74, 6) is -1.04. The largest absolute Gasteiger partial charge is 0.385 e. The molecule has 18 heavy (non-hydrogen) atoms. The van der Waals surface area contributed by atoms with E-state index in [2.05, 4.69) is 0 Å². The molecule has 0 bridgehead atoms. The van der Waals surface area contributed by atoms with Crippen LogP contribution in [0.5, 0.6) is 0 Å². The molecule has 0 aliphatic carbocycles. The zero-order valence-corrected chi connectivity index (χ0v) is 11.4. The number of rotatable bonds is 6. The number of carbonyl (C=O) groups is 1. The van der Waals surface area contributed by atoms with Crippen molar-refractivity contribution < 1.29 is 13.9 Å². The van der Waals surface area contributed by atoms with Crippen LogP contribution in [0, 0.1) is 5.82 Å². The first kappa shape index (κ1) is 15.4. The fraction of sp³-hybridized carbons (Fsp3) is 0.417. The number of halogens is 3. The van der Waals surface area contributed by atoms with E-state index in [0.29, 0.717) is 13.0 Å². The summed E-state index contributed by atoms with van der Waals surface area (Å²) in [5, 5.41) is -0.128. The highest BCUT2D eigenvalue weighted by Gasteiger charge is 2.20. The van der Waals surface area contributed by atoms with E-state index in [1.54, 1.807) is 7.11 Å². The maximum atomic E-state index is 13.3. The summed E-state index contributed by atoms with van der Waals surface area (Å²) in [5.41, 5.74) is 5.75. The Kier molecular flexibility index (Phi) is 6.02. The van der Waals surface area contributed by atoms with Crippen LogP contribution in [0.15, 0.2) is 12.1 Å². The Balaban J connectivity index is 2.81. The molecule has 1 rings (SSSR count). The lowest BCUT2D eigenvalue weighted by Gasteiger charge is -2.12. The molecule has 0 aromatic heterocycles. The van der Waals surface area contributed by atoms with Crippen molar-refractivity contribution >= 4 is 29.0 Å². The summed E-state index contributed by atoms with van der Waals surface area (Å²) >= 11 is 11.6. The molecule has 1 unspecified atom stereocenters. The van der Waals surface area contributed by atoms with Crippen LogP contribution in [0.2, 0.25) is 10.0 Å². The summed E-state index contributed by atoms with van der Waals surface area (Å²) in [4.78, 5) is 12.0. The Labute approximate surface area is 115 Å². The summed E-state index contributed by atoms with van der Waals surface area (Å²) in [6, 6.07) is 2.05. The zero-order chi connectivity index (χ0) is 13.7. The highest BCUT2D eigenvalue weighted by molar-refractivity contribution is 6.39. The second kappa shape index (κ2) is 7.04. The molecular formula is C12H14Cl2FNO2. The third-order valence-corrected chi connectivity index (χ3v) is 3.15. The fourth-order valence-corrected chi connectivity index (χ4v) is 2.08. The van der Waals surface area contributed by atoms with E-state index in [9.17, 15) is 9.18 Å². The van der Waals surface area contributed by atoms with Gasteiger partial charge in [0.15, 0.2) is 5.78 Å². The van der Waals surface area contributed by atoms with E-state index in [4.69, 9.17) is 33.7 Å². The number of nitrogens with two attached hydrogens (primary N) is 1. The third kappa shape index (κ3) is 3.92. The number of hydrogen-bond donors (Lipinski definition) is 1. The van der Waals surface area contributed by atoms with E-state index in [0.717, 1.165) is 6.07 Å². The van der Waals surface area contributed by atoms with Gasteiger partial charge in [-0.15, -0.1) is 0 Å². The summed E-state index contributed by atoms with van der Waals surface area (Å²) in [7, 11) is 1.55. The summed E-state index contributed by atoms with van der Waals surface area (Å²) in [6.45, 7) is 0.457. The molecule has 1 aromatic rings. The van der Waals surface area contributed by atoms with Gasteiger partial charge < -0.3 is 10.5 Å². The van der Waals surface area contributed by atoms with Gasteiger partial charge in [0.2, 0.25) is 0 Å². The molecule has 0 amide bonds. The van der Waals surface area contributed by atoms with E-state index in [1.165, 1.54) is 6.07 Å². The van der Waals surface area contributed by atoms with Crippen LogP contribution in [0.3, 0.4) is 0 Å². The summed E-state index contributed by atoms with van der Waals surface area (Å²) < 4.78 is 18.1. The van der Waals surface area contributed by atoms with Crippen LogP contribution in [0.1, 0.15) is 23.2 Å². The predicted molar refractivity (Wildman–Crippen MR) is 69.8 cm³/mol. The molecule has 2 N–H and O–H groups in total. The highest BCUT2D eigenvalue weighted by atomic mass is 35.5. The Bertz CT molecular complexity index is 440. The number of ketones is 1. The van der Waals surface area contributed by atoms with E-state index in [-0.39, 0.29) is 33.9 Å². The molecule has 6 heteroatoms. The molecule has 0 radical (unpaired) electrons. The van der Waals surface area contributed by atoms with E-state index in [1.807, 2.05) is 0 Å². The average Bonchev–Trinajstić information content (AvgIpc) is 2.31. The molecule has 0 fully saturated rings. The molecular weight excluding hydrogens is 280 g/mol. The minimum atomic E-state index is -0.671. The standard InChI is InChI=1S/C12H14Cl2FNO2/c1-18-5-4-7(16)6-10(17)11-8(13)2-3-9(15)12(11)14/h2-3,7H,4-6,16H2,1H3. The zero-order valence-electron chi connectivity index (χ0n) is 9.88. The summed E-state index contributed by atoms with van der Waals surface area (Å²) in [6.07, 6.45) is 0.582. The normalized spacial score (nSPS) is 12.5. The van der Waals surface area contributed by atoms with Crippen LogP contribution < -0.4 is 5.73 Å². The SMILES string of the molecule is COCCC(N)CC(=O)c1c(Cl)ccc(F)c1Cl. The number of Topliss-reactive ketones (excluding diaryl/α,β-unsaturated/α-hetero) is 1. The highest BCUT2D eigenvalue weighted by Crippen LogP contribution is 2.28. The van der Waals surface area contributed by atoms with Gasteiger partial charge in [-0.1, -0.05) is 23.2 Å². The molecule has 100 valence electrons. The minimum Gasteiger partial charge on any atom is -0.385 e. The molecule has 0 saturated carbocycles. The Morgan fingerprint density at radius 1 is 1.50 bits per heavy atom. The van der Waals surface area contributed by atoms with Gasteiger partial charge in [0.1, 0.15) is 5.82 Å². The quantitative estimate of drug-likeness (QED) is 0.648. The topological polar surface area (TPSA) is 52.3 Å². The van der Waals surface area contributed by atoms with Crippen LogP contribution in [-0.2, 0) is 4.74 Å². The van der Waals surface area contributed by atoms with Gasteiger partial charge in [0.05, 0.1) is 15.6 Å². The smallest absolute Gasteiger partial charge is 0.167 e. The van der Waals surface area contributed by atoms with E-state index >= 15 is 0 Å². The lowest BCUT2D eigenvalue weighted by molar-refractivity contribution is 0.0967. The van der Waals surface area contributed by atoms with Crippen LogP contribution in [-0.4, -0.2) is 25.5 Å². The number of hydrogen-bond acceptors (Lipinski definition) is 3. The van der Waals surface area contributed by atoms with Crippen molar-refractivity contribution in [3.8, 4) is 0 Å². The van der Waals surface area contributed by atoms with Crippen molar-refractivity contribution in [2.24, 2.45) is 5.73 Å². The maximum Gasteiger partial charge on any atom is 0.167 e. The lowest BCUT2D eigenvalue weighted by Crippen LogP contribution is -2.25. The molecule has 0 aliphatic rings. The fourth-order valence-electron chi connectivity index (χ4n) is 1.49. The van der Waals surface area contributed by atoms with Crippen LogP contribution in [0.25, 0.3) is 0 Å². The predicted octanol–water partition coefficient (Wildman–Crippen LogP) is 3.07. The lowest BCUT2D eigenvalue weighted by atomic mass is 10.0. The maximum absolute atomic E-state index is 13.3. The van der Waals surface area contributed by atoms with Crippen LogP contribution in [0.4, 0.5) is 4.39 Å². The van der Waals surface area contributed by atoms with Gasteiger partial charge in [-0.25, -0.2) is 4.39 Å². The first-order valence-corrected chi connectivity index (χ1v) is 6.14. The first-order valence-electron chi connectivity index (χ1n) is 5.38. The van der Waals surface area contributed by atoms with Gasteiger partial charge in [0.25, 0.3) is 0 Å². The monoisotopic (exact) mass is 293 g/mol. The van der Waals surface area contributed by atoms with Crippen molar-refractivity contribution in [3.63, 3.8) is 0 Å².